The minimum absolute atomic E-state index is 0.0151. The van der Waals surface area contributed by atoms with Crippen molar-refractivity contribution < 1.29 is 4.79 Å². The maximum absolute atomic E-state index is 13.5. The van der Waals surface area contributed by atoms with Crippen molar-refractivity contribution in [3.8, 4) is 0 Å². The molecule has 1 aromatic heterocycles. The molecule has 4 bridgehead atoms. The topological polar surface area (TPSA) is 75.9 Å². The Hall–Kier alpha value is -2.28. The molecule has 1 saturated heterocycles. The minimum Gasteiger partial charge on any atom is -0.349 e. The number of likely N-dealkylation sites (tertiary alicyclic amines) is 1. The Balaban J connectivity index is 1.21. The SMILES string of the molecule is O=C(NC12C[C@H]3C[C@@H](C1)CC(n1ncnn1)(C3)C2)[C@@H]1CCCN1Cc1ccccc1. The van der Waals surface area contributed by atoms with E-state index < -0.39 is 0 Å². The van der Waals surface area contributed by atoms with Crippen molar-refractivity contribution in [3.05, 3.63) is 42.2 Å². The van der Waals surface area contributed by atoms with E-state index in [0.29, 0.717) is 11.8 Å². The second kappa shape index (κ2) is 6.87. The van der Waals surface area contributed by atoms with Crippen LogP contribution in [0.15, 0.2) is 36.7 Å². The van der Waals surface area contributed by atoms with Gasteiger partial charge >= 0.3 is 0 Å². The molecule has 2 unspecified atom stereocenters. The van der Waals surface area contributed by atoms with Gasteiger partial charge in [-0.1, -0.05) is 30.3 Å². The summed E-state index contributed by atoms with van der Waals surface area (Å²) in [5.74, 6) is 1.54. The molecule has 4 aliphatic carbocycles. The molecule has 7 heteroatoms. The number of hydrogen-bond donors (Lipinski definition) is 1. The van der Waals surface area contributed by atoms with Crippen LogP contribution in [0.5, 0.6) is 0 Å². The van der Waals surface area contributed by atoms with Crippen LogP contribution < -0.4 is 5.32 Å². The van der Waals surface area contributed by atoms with Gasteiger partial charge in [-0.3, -0.25) is 9.69 Å². The molecule has 5 aliphatic rings. The van der Waals surface area contributed by atoms with Gasteiger partial charge < -0.3 is 5.32 Å². The van der Waals surface area contributed by atoms with Crippen LogP contribution in [0.3, 0.4) is 0 Å². The fourth-order valence-electron chi connectivity index (χ4n) is 7.45. The standard InChI is InChI=1S/C23H30N6O/c30-21(20-7-4-8-28(20)14-17-5-2-1-3-6-17)26-22-10-18-9-19(11-22)13-23(12-18,15-22)29-25-16-24-27-29/h1-3,5-6,16,18-20H,4,7-15H2,(H,26,30)/t18-,19+,20-,22?,23?/m0/s1. The van der Waals surface area contributed by atoms with Crippen LogP contribution in [0.1, 0.15) is 56.9 Å². The Kier molecular flexibility index (Phi) is 4.23. The van der Waals surface area contributed by atoms with Crippen LogP contribution in [-0.4, -0.2) is 49.1 Å². The number of benzene rings is 1. The van der Waals surface area contributed by atoms with E-state index >= 15 is 0 Å². The van der Waals surface area contributed by atoms with E-state index in [0.717, 1.165) is 58.0 Å². The predicted octanol–water partition coefficient (Wildman–Crippen LogP) is 2.50. The van der Waals surface area contributed by atoms with E-state index in [-0.39, 0.29) is 23.0 Å². The zero-order valence-electron chi connectivity index (χ0n) is 17.4. The maximum Gasteiger partial charge on any atom is 0.237 e. The van der Waals surface area contributed by atoms with Crippen molar-refractivity contribution in [2.45, 2.75) is 75.0 Å². The number of nitrogens with zero attached hydrogens (tertiary/aromatic N) is 5. The van der Waals surface area contributed by atoms with Gasteiger partial charge in [0.05, 0.1) is 11.6 Å². The summed E-state index contributed by atoms with van der Waals surface area (Å²) in [5.41, 5.74) is 1.12. The van der Waals surface area contributed by atoms with Crippen molar-refractivity contribution in [2.24, 2.45) is 11.8 Å². The van der Waals surface area contributed by atoms with Crippen LogP contribution in [0.2, 0.25) is 0 Å². The van der Waals surface area contributed by atoms with E-state index in [1.54, 1.807) is 6.33 Å². The van der Waals surface area contributed by atoms with E-state index in [1.807, 2.05) is 10.9 Å². The molecule has 158 valence electrons. The van der Waals surface area contributed by atoms with E-state index in [1.165, 1.54) is 12.0 Å². The lowest BCUT2D eigenvalue weighted by Crippen LogP contribution is -2.67. The molecule has 5 atom stereocenters. The van der Waals surface area contributed by atoms with Crippen molar-refractivity contribution in [2.75, 3.05) is 6.54 Å². The highest BCUT2D eigenvalue weighted by atomic mass is 16.2. The van der Waals surface area contributed by atoms with Gasteiger partial charge in [0.1, 0.15) is 0 Å². The summed E-state index contributed by atoms with van der Waals surface area (Å²) in [6, 6.07) is 10.5. The third-order valence-electron chi connectivity index (χ3n) is 8.09. The molecule has 7 rings (SSSR count). The first-order valence-corrected chi connectivity index (χ1v) is 11.5. The number of nitrogens with one attached hydrogen (secondary N) is 1. The Labute approximate surface area is 177 Å². The van der Waals surface area contributed by atoms with Crippen LogP contribution >= 0.6 is 0 Å². The van der Waals surface area contributed by atoms with Crippen LogP contribution in [0, 0.1) is 11.8 Å². The minimum atomic E-state index is -0.101. The molecular weight excluding hydrogens is 376 g/mol. The van der Waals surface area contributed by atoms with Crippen LogP contribution in [-0.2, 0) is 16.9 Å². The van der Waals surface area contributed by atoms with Gasteiger partial charge in [0, 0.05) is 12.1 Å². The number of tetrazole rings is 1. The first-order chi connectivity index (χ1) is 14.6. The fourth-order valence-corrected chi connectivity index (χ4v) is 7.45. The summed E-state index contributed by atoms with van der Waals surface area (Å²) in [5, 5.41) is 16.3. The number of amides is 1. The summed E-state index contributed by atoms with van der Waals surface area (Å²) >= 11 is 0. The third kappa shape index (κ3) is 3.06. The zero-order chi connectivity index (χ0) is 20.2. The third-order valence-corrected chi connectivity index (χ3v) is 8.09. The molecule has 0 radical (unpaired) electrons. The highest BCUT2D eigenvalue weighted by molar-refractivity contribution is 5.83. The largest absolute Gasteiger partial charge is 0.349 e. The van der Waals surface area contributed by atoms with Gasteiger partial charge in [0.25, 0.3) is 0 Å². The molecule has 5 fully saturated rings. The monoisotopic (exact) mass is 406 g/mol. The first-order valence-electron chi connectivity index (χ1n) is 11.5. The number of aromatic nitrogens is 4. The van der Waals surface area contributed by atoms with Gasteiger partial charge in [-0.25, -0.2) is 0 Å². The van der Waals surface area contributed by atoms with Gasteiger partial charge in [-0.2, -0.15) is 4.80 Å². The van der Waals surface area contributed by atoms with Gasteiger partial charge in [-0.05, 0) is 80.5 Å². The molecule has 2 heterocycles. The Bertz CT molecular complexity index is 899. The van der Waals surface area contributed by atoms with Gasteiger partial charge in [0.15, 0.2) is 6.33 Å². The van der Waals surface area contributed by atoms with Gasteiger partial charge in [-0.15, -0.1) is 10.2 Å². The van der Waals surface area contributed by atoms with E-state index in [9.17, 15) is 4.79 Å². The maximum atomic E-state index is 13.5. The molecule has 1 amide bonds. The summed E-state index contributed by atoms with van der Waals surface area (Å²) in [6.07, 6.45) is 10.3. The lowest BCUT2D eigenvalue weighted by Gasteiger charge is -2.61. The van der Waals surface area contributed by atoms with Crippen molar-refractivity contribution in [1.82, 2.24) is 30.4 Å². The molecule has 7 nitrogen and oxygen atoms in total. The average Bonchev–Trinajstić information content (AvgIpc) is 3.40. The number of carbonyl (C=O) groups excluding carboxylic acids is 1. The van der Waals surface area contributed by atoms with Crippen molar-refractivity contribution >= 4 is 5.91 Å². The first kappa shape index (κ1) is 18.5. The molecule has 1 aliphatic heterocycles. The summed E-state index contributed by atoms with van der Waals surface area (Å²) in [6.45, 7) is 1.85. The Morgan fingerprint density at radius 2 is 1.93 bits per heavy atom. The smallest absolute Gasteiger partial charge is 0.237 e. The van der Waals surface area contributed by atoms with Crippen LogP contribution in [0.25, 0.3) is 0 Å². The van der Waals surface area contributed by atoms with Crippen molar-refractivity contribution in [1.29, 1.82) is 0 Å². The highest BCUT2D eigenvalue weighted by Crippen LogP contribution is 2.60. The molecule has 0 spiro atoms. The Morgan fingerprint density at radius 3 is 2.67 bits per heavy atom. The molecule has 4 saturated carbocycles. The summed E-state index contributed by atoms with van der Waals surface area (Å²) in [7, 11) is 0. The van der Waals surface area contributed by atoms with E-state index in [2.05, 4.69) is 49.9 Å². The lowest BCUT2D eigenvalue weighted by molar-refractivity contribution is -0.135. The van der Waals surface area contributed by atoms with Gasteiger partial charge in [0.2, 0.25) is 5.91 Å². The average molecular weight is 407 g/mol. The Morgan fingerprint density at radius 1 is 1.13 bits per heavy atom. The summed E-state index contributed by atoms with van der Waals surface area (Å²) in [4.78, 5) is 17.7. The molecule has 2 aromatic rings. The highest BCUT2D eigenvalue weighted by Gasteiger charge is 2.60. The number of hydrogen-bond acceptors (Lipinski definition) is 5. The predicted molar refractivity (Wildman–Crippen MR) is 111 cm³/mol. The number of carbonyl (C=O) groups is 1. The zero-order valence-corrected chi connectivity index (χ0v) is 17.4. The molecular formula is C23H30N6O. The normalized spacial score (nSPS) is 37.5. The number of rotatable bonds is 5. The fraction of sp³-hybridized carbons (Fsp3) is 0.652. The second-order valence-corrected chi connectivity index (χ2v) is 10.3. The lowest BCUT2D eigenvalue weighted by atomic mass is 9.50. The van der Waals surface area contributed by atoms with Crippen molar-refractivity contribution in [3.63, 3.8) is 0 Å². The second-order valence-electron chi connectivity index (χ2n) is 10.3. The molecule has 30 heavy (non-hydrogen) atoms. The van der Waals surface area contributed by atoms with Crippen LogP contribution in [0.4, 0.5) is 0 Å². The summed E-state index contributed by atoms with van der Waals surface area (Å²) < 4.78 is 0. The quantitative estimate of drug-likeness (QED) is 0.826. The molecule has 1 aromatic carbocycles. The van der Waals surface area contributed by atoms with E-state index in [4.69, 9.17) is 0 Å². The molecule has 1 N–H and O–H groups in total.